The first kappa shape index (κ1) is 13.5. The quantitative estimate of drug-likeness (QED) is 0.787. The number of piperidine rings is 1. The van der Waals surface area contributed by atoms with Crippen molar-refractivity contribution < 1.29 is 0 Å². The van der Waals surface area contributed by atoms with E-state index in [-0.39, 0.29) is 5.54 Å². The molecule has 0 bridgehead atoms. The summed E-state index contributed by atoms with van der Waals surface area (Å²) >= 11 is 0. The molecule has 0 amide bonds. The first-order valence-corrected chi connectivity index (χ1v) is 7.01. The van der Waals surface area contributed by atoms with E-state index in [9.17, 15) is 0 Å². The van der Waals surface area contributed by atoms with Crippen molar-refractivity contribution >= 4 is 0 Å². The summed E-state index contributed by atoms with van der Waals surface area (Å²) in [6, 6.07) is 0. The van der Waals surface area contributed by atoms with Crippen molar-refractivity contribution in [2.75, 3.05) is 20.1 Å². The molecule has 1 saturated heterocycles. The van der Waals surface area contributed by atoms with E-state index in [4.69, 9.17) is 5.73 Å². The van der Waals surface area contributed by atoms with Crippen LogP contribution < -0.4 is 11.1 Å². The van der Waals surface area contributed by atoms with Crippen molar-refractivity contribution in [3.63, 3.8) is 0 Å². The number of nitrogens with two attached hydrogens (primary N) is 1. The Kier molecular flexibility index (Phi) is 3.71. The number of likely N-dealkylation sites (tertiary alicyclic amines) is 1. The molecule has 0 saturated carbocycles. The number of nitrogens with one attached hydrogen (secondary N) is 1. The third-order valence-corrected chi connectivity index (χ3v) is 4.04. The zero-order valence-corrected chi connectivity index (χ0v) is 12.2. The average Bonchev–Trinajstić information content (AvgIpc) is 2.27. The predicted octanol–water partition coefficient (Wildman–Crippen LogP) is 2.07. The molecule has 1 aliphatic heterocycles. The minimum atomic E-state index is 0.175. The Morgan fingerprint density at radius 1 is 1.44 bits per heavy atom. The third-order valence-electron chi connectivity index (χ3n) is 4.04. The zero-order valence-electron chi connectivity index (χ0n) is 12.2. The summed E-state index contributed by atoms with van der Waals surface area (Å²) in [4.78, 5) is 2.56. The molecule has 0 aromatic heterocycles. The van der Waals surface area contributed by atoms with Crippen molar-refractivity contribution in [1.82, 2.24) is 10.2 Å². The first-order valence-electron chi connectivity index (χ1n) is 7.01. The van der Waals surface area contributed by atoms with Crippen LogP contribution in [0.2, 0.25) is 0 Å². The Morgan fingerprint density at radius 2 is 2.17 bits per heavy atom. The van der Waals surface area contributed by atoms with Gasteiger partial charge < -0.3 is 16.0 Å². The molecule has 102 valence electrons. The predicted molar refractivity (Wildman–Crippen MR) is 77.0 cm³/mol. The molecule has 1 heterocycles. The van der Waals surface area contributed by atoms with Crippen LogP contribution in [-0.2, 0) is 0 Å². The van der Waals surface area contributed by atoms with Gasteiger partial charge in [-0.05, 0) is 59.2 Å². The van der Waals surface area contributed by atoms with E-state index in [0.29, 0.717) is 5.92 Å². The molecule has 0 aromatic rings. The maximum absolute atomic E-state index is 5.99. The highest BCUT2D eigenvalue weighted by Gasteiger charge is 2.36. The lowest BCUT2D eigenvalue weighted by Gasteiger charge is -2.49. The van der Waals surface area contributed by atoms with Crippen LogP contribution in [0.25, 0.3) is 0 Å². The standard InChI is InChI=1S/C15H27N3/c1-15(2,3)18-10-11(9-17-4)7-12-5-6-13(16)8-14(12)18/h6,8,11-12,17H,5,7,9-10,16H2,1-4H3. The van der Waals surface area contributed by atoms with E-state index in [2.05, 4.69) is 43.1 Å². The summed E-state index contributed by atoms with van der Waals surface area (Å²) in [5.74, 6) is 1.40. The lowest BCUT2D eigenvalue weighted by Crippen LogP contribution is -2.50. The number of hydrogen-bond acceptors (Lipinski definition) is 3. The normalized spacial score (nSPS) is 28.6. The Labute approximate surface area is 111 Å². The molecule has 3 N–H and O–H groups in total. The van der Waals surface area contributed by atoms with E-state index in [1.807, 2.05) is 7.05 Å². The van der Waals surface area contributed by atoms with Crippen LogP contribution in [0.15, 0.2) is 23.5 Å². The van der Waals surface area contributed by atoms with Crippen LogP contribution in [0.1, 0.15) is 33.6 Å². The van der Waals surface area contributed by atoms with Crippen molar-refractivity contribution in [1.29, 1.82) is 0 Å². The van der Waals surface area contributed by atoms with Gasteiger partial charge in [-0.2, -0.15) is 0 Å². The van der Waals surface area contributed by atoms with Gasteiger partial charge in [0.1, 0.15) is 0 Å². The van der Waals surface area contributed by atoms with Crippen LogP contribution in [0.3, 0.4) is 0 Å². The summed E-state index contributed by atoms with van der Waals surface area (Å²) < 4.78 is 0. The van der Waals surface area contributed by atoms with Crippen LogP contribution in [0.5, 0.6) is 0 Å². The Balaban J connectivity index is 2.24. The molecule has 1 fully saturated rings. The van der Waals surface area contributed by atoms with Crippen LogP contribution in [-0.4, -0.2) is 30.6 Å². The van der Waals surface area contributed by atoms with Gasteiger partial charge in [-0.3, -0.25) is 0 Å². The van der Waals surface area contributed by atoms with E-state index >= 15 is 0 Å². The summed E-state index contributed by atoms with van der Waals surface area (Å²) in [6.45, 7) is 9.12. The fraction of sp³-hybridized carbons (Fsp3) is 0.733. The molecule has 2 aliphatic rings. The molecule has 3 heteroatoms. The fourth-order valence-electron chi connectivity index (χ4n) is 3.20. The largest absolute Gasteiger partial charge is 0.399 e. The van der Waals surface area contributed by atoms with Crippen molar-refractivity contribution in [3.05, 3.63) is 23.5 Å². The molecule has 3 nitrogen and oxygen atoms in total. The average molecular weight is 249 g/mol. The molecule has 0 radical (unpaired) electrons. The lowest BCUT2D eigenvalue weighted by molar-refractivity contribution is 0.0944. The molecule has 0 spiro atoms. The van der Waals surface area contributed by atoms with Crippen molar-refractivity contribution in [2.24, 2.45) is 17.6 Å². The van der Waals surface area contributed by atoms with E-state index < -0.39 is 0 Å². The topological polar surface area (TPSA) is 41.3 Å². The highest BCUT2D eigenvalue weighted by Crippen LogP contribution is 2.39. The second-order valence-electron chi connectivity index (χ2n) is 6.65. The molecular weight excluding hydrogens is 222 g/mol. The Morgan fingerprint density at radius 3 is 2.78 bits per heavy atom. The van der Waals surface area contributed by atoms with Gasteiger partial charge in [0.2, 0.25) is 0 Å². The number of allylic oxidation sites excluding steroid dienone is 3. The summed E-state index contributed by atoms with van der Waals surface area (Å²) in [7, 11) is 2.05. The van der Waals surface area contributed by atoms with Crippen LogP contribution >= 0.6 is 0 Å². The van der Waals surface area contributed by atoms with Gasteiger partial charge in [0.05, 0.1) is 0 Å². The van der Waals surface area contributed by atoms with E-state index in [1.165, 1.54) is 12.1 Å². The maximum atomic E-state index is 5.99. The first-order chi connectivity index (χ1) is 8.41. The SMILES string of the molecule is CNCC1CC2CC=C(N)C=C2N(C(C)(C)C)C1. The Hall–Kier alpha value is -0.960. The summed E-state index contributed by atoms with van der Waals surface area (Å²) in [5, 5.41) is 3.33. The van der Waals surface area contributed by atoms with Gasteiger partial charge >= 0.3 is 0 Å². The number of rotatable bonds is 2. The molecule has 0 aromatic carbocycles. The highest BCUT2D eigenvalue weighted by atomic mass is 15.2. The van der Waals surface area contributed by atoms with Gasteiger partial charge in [-0.25, -0.2) is 0 Å². The van der Waals surface area contributed by atoms with Crippen LogP contribution in [0.4, 0.5) is 0 Å². The highest BCUT2D eigenvalue weighted by molar-refractivity contribution is 5.29. The maximum Gasteiger partial charge on any atom is 0.0315 e. The smallest absolute Gasteiger partial charge is 0.0315 e. The Bertz CT molecular complexity index is 362. The van der Waals surface area contributed by atoms with Gasteiger partial charge in [0.15, 0.2) is 0 Å². The van der Waals surface area contributed by atoms with Gasteiger partial charge in [0, 0.05) is 29.4 Å². The summed E-state index contributed by atoms with van der Waals surface area (Å²) in [6.07, 6.45) is 6.75. The van der Waals surface area contributed by atoms with Gasteiger partial charge in [-0.1, -0.05) is 6.08 Å². The van der Waals surface area contributed by atoms with E-state index in [0.717, 1.165) is 31.1 Å². The molecule has 2 atom stereocenters. The van der Waals surface area contributed by atoms with Gasteiger partial charge in [-0.15, -0.1) is 0 Å². The zero-order chi connectivity index (χ0) is 13.3. The second-order valence-corrected chi connectivity index (χ2v) is 6.65. The minimum Gasteiger partial charge on any atom is -0.399 e. The minimum absolute atomic E-state index is 0.175. The monoisotopic (exact) mass is 249 g/mol. The molecular formula is C15H27N3. The van der Waals surface area contributed by atoms with Crippen molar-refractivity contribution in [2.45, 2.75) is 39.2 Å². The van der Waals surface area contributed by atoms with Crippen LogP contribution in [0, 0.1) is 11.8 Å². The fourth-order valence-corrected chi connectivity index (χ4v) is 3.20. The third kappa shape index (κ3) is 2.72. The molecule has 1 aliphatic carbocycles. The lowest BCUT2D eigenvalue weighted by atomic mass is 9.79. The summed E-state index contributed by atoms with van der Waals surface area (Å²) in [5.41, 5.74) is 8.55. The number of hydrogen-bond donors (Lipinski definition) is 2. The van der Waals surface area contributed by atoms with Gasteiger partial charge in [0.25, 0.3) is 0 Å². The molecule has 2 rings (SSSR count). The molecule has 18 heavy (non-hydrogen) atoms. The second kappa shape index (κ2) is 4.96. The molecule has 2 unspecified atom stereocenters. The number of nitrogens with zero attached hydrogens (tertiary/aromatic N) is 1. The van der Waals surface area contributed by atoms with E-state index in [1.54, 1.807) is 0 Å². The van der Waals surface area contributed by atoms with Crippen molar-refractivity contribution in [3.8, 4) is 0 Å². The number of fused-ring (bicyclic) bond motifs is 1.